The van der Waals surface area contributed by atoms with Crippen LogP contribution < -0.4 is 5.32 Å². The Morgan fingerprint density at radius 2 is 2.26 bits per heavy atom. The summed E-state index contributed by atoms with van der Waals surface area (Å²) in [7, 11) is 0. The average molecular weight is 279 g/mol. The first-order chi connectivity index (χ1) is 9.16. The standard InChI is InChI=1S/C15H19ClN2O/c1-10-4-5-12(16)7-13(10)15(19)18-6-2-3-11-8-17-9-14(11)18/h4-5,7,11,14,17H,2-3,6,8-9H2,1H3. The molecule has 3 nitrogen and oxygen atoms in total. The van der Waals surface area contributed by atoms with E-state index in [1.54, 1.807) is 6.07 Å². The molecule has 102 valence electrons. The molecule has 1 amide bonds. The van der Waals surface area contributed by atoms with Crippen LogP contribution in [-0.2, 0) is 0 Å². The largest absolute Gasteiger partial charge is 0.334 e. The summed E-state index contributed by atoms with van der Waals surface area (Å²) in [5, 5.41) is 4.04. The second-order valence-electron chi connectivity index (χ2n) is 5.59. The summed E-state index contributed by atoms with van der Waals surface area (Å²) in [5.41, 5.74) is 1.75. The van der Waals surface area contributed by atoms with Gasteiger partial charge in [0.15, 0.2) is 0 Å². The summed E-state index contributed by atoms with van der Waals surface area (Å²) >= 11 is 6.03. The van der Waals surface area contributed by atoms with Crippen molar-refractivity contribution in [1.82, 2.24) is 10.2 Å². The van der Waals surface area contributed by atoms with E-state index >= 15 is 0 Å². The maximum Gasteiger partial charge on any atom is 0.254 e. The van der Waals surface area contributed by atoms with E-state index in [-0.39, 0.29) is 5.91 Å². The SMILES string of the molecule is Cc1ccc(Cl)cc1C(=O)N1CCCC2CNCC21. The molecule has 0 bridgehead atoms. The minimum absolute atomic E-state index is 0.137. The number of amides is 1. The number of nitrogens with one attached hydrogen (secondary N) is 1. The molecule has 2 heterocycles. The van der Waals surface area contributed by atoms with E-state index in [4.69, 9.17) is 11.6 Å². The minimum Gasteiger partial charge on any atom is -0.334 e. The van der Waals surface area contributed by atoms with Crippen LogP contribution in [-0.4, -0.2) is 36.5 Å². The minimum atomic E-state index is 0.137. The predicted molar refractivity (Wildman–Crippen MR) is 76.6 cm³/mol. The van der Waals surface area contributed by atoms with Crippen LogP contribution in [0.25, 0.3) is 0 Å². The Hall–Kier alpha value is -1.06. The number of carbonyl (C=O) groups excluding carboxylic acids is 1. The fraction of sp³-hybridized carbons (Fsp3) is 0.533. The third-order valence-electron chi connectivity index (χ3n) is 4.37. The summed E-state index contributed by atoms with van der Waals surface area (Å²) in [5.74, 6) is 0.760. The summed E-state index contributed by atoms with van der Waals surface area (Å²) < 4.78 is 0. The molecular formula is C15H19ClN2O. The van der Waals surface area contributed by atoms with Crippen LogP contribution in [0.15, 0.2) is 18.2 Å². The van der Waals surface area contributed by atoms with Gasteiger partial charge in [-0.3, -0.25) is 4.79 Å². The molecule has 0 saturated carbocycles. The highest BCUT2D eigenvalue weighted by Gasteiger charge is 2.37. The molecule has 3 rings (SSSR count). The summed E-state index contributed by atoms with van der Waals surface area (Å²) in [4.78, 5) is 14.8. The van der Waals surface area contributed by atoms with Crippen molar-refractivity contribution in [3.63, 3.8) is 0 Å². The molecule has 2 atom stereocenters. The van der Waals surface area contributed by atoms with Crippen LogP contribution in [0.5, 0.6) is 0 Å². The third kappa shape index (κ3) is 2.37. The van der Waals surface area contributed by atoms with Crippen molar-refractivity contribution >= 4 is 17.5 Å². The van der Waals surface area contributed by atoms with Crippen LogP contribution in [0.3, 0.4) is 0 Å². The molecule has 2 saturated heterocycles. The number of aryl methyl sites for hydroxylation is 1. The molecule has 0 aliphatic carbocycles. The van der Waals surface area contributed by atoms with Crippen LogP contribution in [0, 0.1) is 12.8 Å². The van der Waals surface area contributed by atoms with Crippen molar-refractivity contribution in [1.29, 1.82) is 0 Å². The predicted octanol–water partition coefficient (Wildman–Crippen LogP) is 2.47. The first kappa shape index (κ1) is 12.9. The third-order valence-corrected chi connectivity index (χ3v) is 4.60. The van der Waals surface area contributed by atoms with Crippen LogP contribution in [0.1, 0.15) is 28.8 Å². The number of hydrogen-bond donors (Lipinski definition) is 1. The van der Waals surface area contributed by atoms with E-state index in [1.807, 2.05) is 24.0 Å². The Bertz CT molecular complexity index is 503. The second-order valence-corrected chi connectivity index (χ2v) is 6.02. The zero-order valence-corrected chi connectivity index (χ0v) is 11.9. The summed E-state index contributed by atoms with van der Waals surface area (Å²) in [6.45, 7) is 4.81. The highest BCUT2D eigenvalue weighted by Crippen LogP contribution is 2.28. The number of carbonyl (C=O) groups is 1. The van der Waals surface area contributed by atoms with Gasteiger partial charge in [-0.1, -0.05) is 17.7 Å². The van der Waals surface area contributed by atoms with Crippen molar-refractivity contribution in [2.24, 2.45) is 5.92 Å². The fourth-order valence-corrected chi connectivity index (χ4v) is 3.47. The lowest BCUT2D eigenvalue weighted by Crippen LogP contribution is -2.48. The van der Waals surface area contributed by atoms with E-state index in [1.165, 1.54) is 6.42 Å². The molecule has 2 unspecified atom stereocenters. The molecule has 0 radical (unpaired) electrons. The maximum absolute atomic E-state index is 12.8. The molecule has 0 spiro atoms. The number of piperidine rings is 1. The zero-order valence-electron chi connectivity index (χ0n) is 11.2. The normalized spacial score (nSPS) is 26.3. The maximum atomic E-state index is 12.8. The Balaban J connectivity index is 1.88. The Morgan fingerprint density at radius 3 is 3.11 bits per heavy atom. The lowest BCUT2D eigenvalue weighted by Gasteiger charge is -2.37. The topological polar surface area (TPSA) is 32.3 Å². The van der Waals surface area contributed by atoms with Gasteiger partial charge in [0.1, 0.15) is 0 Å². The quantitative estimate of drug-likeness (QED) is 0.856. The number of hydrogen-bond acceptors (Lipinski definition) is 2. The van der Waals surface area contributed by atoms with E-state index in [0.717, 1.165) is 37.2 Å². The first-order valence-corrected chi connectivity index (χ1v) is 7.32. The van der Waals surface area contributed by atoms with E-state index in [2.05, 4.69) is 5.32 Å². The van der Waals surface area contributed by atoms with Gasteiger partial charge >= 0.3 is 0 Å². The molecule has 0 aromatic heterocycles. The molecule has 2 fully saturated rings. The molecular weight excluding hydrogens is 260 g/mol. The van der Waals surface area contributed by atoms with Crippen molar-refractivity contribution in [3.8, 4) is 0 Å². The van der Waals surface area contributed by atoms with Crippen LogP contribution in [0.2, 0.25) is 5.02 Å². The van der Waals surface area contributed by atoms with Crippen molar-refractivity contribution in [3.05, 3.63) is 34.3 Å². The molecule has 1 aromatic carbocycles. The lowest BCUT2D eigenvalue weighted by atomic mass is 9.91. The highest BCUT2D eigenvalue weighted by atomic mass is 35.5. The van der Waals surface area contributed by atoms with Gasteiger partial charge in [-0.05, 0) is 43.4 Å². The number of nitrogens with zero attached hydrogens (tertiary/aromatic N) is 1. The zero-order chi connectivity index (χ0) is 13.4. The van der Waals surface area contributed by atoms with Gasteiger partial charge in [-0.15, -0.1) is 0 Å². The molecule has 1 aromatic rings. The lowest BCUT2D eigenvalue weighted by molar-refractivity contribution is 0.0574. The Kier molecular flexibility index (Phi) is 3.50. The fourth-order valence-electron chi connectivity index (χ4n) is 3.30. The summed E-state index contributed by atoms with van der Waals surface area (Å²) in [6, 6.07) is 5.92. The highest BCUT2D eigenvalue weighted by molar-refractivity contribution is 6.31. The number of benzene rings is 1. The first-order valence-electron chi connectivity index (χ1n) is 6.94. The van der Waals surface area contributed by atoms with Crippen LogP contribution >= 0.6 is 11.6 Å². The molecule has 4 heteroatoms. The Morgan fingerprint density at radius 1 is 1.42 bits per heavy atom. The van der Waals surface area contributed by atoms with Crippen molar-refractivity contribution in [2.45, 2.75) is 25.8 Å². The Labute approximate surface area is 118 Å². The van der Waals surface area contributed by atoms with Gasteiger partial charge < -0.3 is 10.2 Å². The van der Waals surface area contributed by atoms with Gasteiger partial charge in [0.05, 0.1) is 0 Å². The van der Waals surface area contributed by atoms with E-state index in [9.17, 15) is 4.79 Å². The number of halogens is 1. The van der Waals surface area contributed by atoms with Gasteiger partial charge in [0, 0.05) is 36.3 Å². The van der Waals surface area contributed by atoms with E-state index < -0.39 is 0 Å². The number of likely N-dealkylation sites (tertiary alicyclic amines) is 1. The molecule has 2 aliphatic heterocycles. The number of rotatable bonds is 1. The van der Waals surface area contributed by atoms with Gasteiger partial charge in [-0.2, -0.15) is 0 Å². The summed E-state index contributed by atoms with van der Waals surface area (Å²) in [6.07, 6.45) is 2.34. The van der Waals surface area contributed by atoms with Crippen molar-refractivity contribution < 1.29 is 4.79 Å². The average Bonchev–Trinajstić information content (AvgIpc) is 2.89. The van der Waals surface area contributed by atoms with Crippen molar-refractivity contribution in [2.75, 3.05) is 19.6 Å². The van der Waals surface area contributed by atoms with Crippen LogP contribution in [0.4, 0.5) is 0 Å². The van der Waals surface area contributed by atoms with E-state index in [0.29, 0.717) is 17.0 Å². The molecule has 19 heavy (non-hydrogen) atoms. The number of fused-ring (bicyclic) bond motifs is 1. The smallest absolute Gasteiger partial charge is 0.254 e. The van der Waals surface area contributed by atoms with Gasteiger partial charge in [0.25, 0.3) is 5.91 Å². The van der Waals surface area contributed by atoms with Gasteiger partial charge in [-0.25, -0.2) is 0 Å². The monoisotopic (exact) mass is 278 g/mol. The second kappa shape index (κ2) is 5.14. The molecule has 2 aliphatic rings. The molecule has 1 N–H and O–H groups in total. The van der Waals surface area contributed by atoms with Gasteiger partial charge in [0.2, 0.25) is 0 Å².